The summed E-state index contributed by atoms with van der Waals surface area (Å²) in [5.74, 6) is 0.947. The van der Waals surface area contributed by atoms with Gasteiger partial charge in [0, 0.05) is 39.1 Å². The molecular weight excluding hydrogens is 486 g/mol. The average molecular weight is 513 g/mol. The summed E-state index contributed by atoms with van der Waals surface area (Å²) in [4.78, 5) is 18.3. The third-order valence-electron chi connectivity index (χ3n) is 3.87. The number of benzene rings is 1. The number of carbonyl (C=O) groups is 1. The predicted octanol–water partition coefficient (Wildman–Crippen LogP) is 4.07. The van der Waals surface area contributed by atoms with Crippen LogP contribution in [0.15, 0.2) is 23.2 Å². The lowest BCUT2D eigenvalue weighted by Crippen LogP contribution is -2.38. The minimum absolute atomic E-state index is 0. The molecule has 1 aromatic rings. The molecule has 5 nitrogen and oxygen atoms in total. The Labute approximate surface area is 182 Å². The number of hydrogen-bond acceptors (Lipinski definition) is 2. The monoisotopic (exact) mass is 512 g/mol. The lowest BCUT2D eigenvalue weighted by molar-refractivity contribution is -0.121. The third-order valence-corrected chi connectivity index (χ3v) is 4.61. The first-order valence-corrected chi connectivity index (χ1v) is 9.48. The Hall–Kier alpha value is -0.730. The Balaban J connectivity index is 0.00000338. The van der Waals surface area contributed by atoms with Crippen LogP contribution >= 0.6 is 47.2 Å². The van der Waals surface area contributed by atoms with Crippen molar-refractivity contribution in [3.05, 3.63) is 33.8 Å². The Bertz CT molecular complexity index is 623. The van der Waals surface area contributed by atoms with Gasteiger partial charge in [0.2, 0.25) is 5.91 Å². The maximum Gasteiger partial charge on any atom is 0.220 e. The molecule has 0 bridgehead atoms. The molecule has 146 valence electrons. The number of nitrogens with zero attached hydrogens (tertiary/aromatic N) is 2. The molecule has 1 aliphatic carbocycles. The van der Waals surface area contributed by atoms with Crippen LogP contribution in [0.25, 0.3) is 0 Å². The molecule has 1 fully saturated rings. The third kappa shape index (κ3) is 8.31. The van der Waals surface area contributed by atoms with Crippen LogP contribution in [0.4, 0.5) is 0 Å². The minimum Gasteiger partial charge on any atom is -0.357 e. The number of guanidine groups is 1. The summed E-state index contributed by atoms with van der Waals surface area (Å²) >= 11 is 12.0. The number of aliphatic imine (C=N–C) groups is 1. The van der Waals surface area contributed by atoms with Crippen LogP contribution in [-0.4, -0.2) is 42.9 Å². The van der Waals surface area contributed by atoms with Gasteiger partial charge in [0.05, 0.1) is 10.0 Å². The van der Waals surface area contributed by atoms with Crippen molar-refractivity contribution in [2.75, 3.05) is 20.1 Å². The standard InChI is InChI=1S/C18H26Cl2N4O.HI/c1-3-21-18(22-10-4-5-17(25)23-14-7-8-14)24(2)12-13-6-9-15(19)16(20)11-13;/h6,9,11,14H,3-5,7-8,10,12H2,1-2H3,(H,21,22)(H,23,25);1H. The fourth-order valence-corrected chi connectivity index (χ4v) is 2.73. The second-order valence-electron chi connectivity index (χ2n) is 6.29. The molecule has 1 saturated carbocycles. The molecule has 1 aliphatic rings. The Kier molecular flexibility index (Phi) is 10.6. The van der Waals surface area contributed by atoms with E-state index in [4.69, 9.17) is 23.2 Å². The molecule has 0 aromatic heterocycles. The molecule has 0 saturated heterocycles. The van der Waals surface area contributed by atoms with Crippen LogP contribution in [0.5, 0.6) is 0 Å². The van der Waals surface area contributed by atoms with E-state index in [2.05, 4.69) is 15.6 Å². The summed E-state index contributed by atoms with van der Waals surface area (Å²) in [7, 11) is 1.98. The minimum atomic E-state index is 0. The molecule has 0 unspecified atom stereocenters. The van der Waals surface area contributed by atoms with Gasteiger partial charge in [-0.3, -0.25) is 9.79 Å². The van der Waals surface area contributed by atoms with Crippen molar-refractivity contribution in [1.29, 1.82) is 0 Å². The van der Waals surface area contributed by atoms with Gasteiger partial charge < -0.3 is 15.5 Å². The predicted molar refractivity (Wildman–Crippen MR) is 120 cm³/mol. The maximum atomic E-state index is 11.7. The van der Waals surface area contributed by atoms with E-state index >= 15 is 0 Å². The van der Waals surface area contributed by atoms with Gasteiger partial charge in [-0.15, -0.1) is 24.0 Å². The first kappa shape index (κ1) is 23.3. The zero-order chi connectivity index (χ0) is 18.2. The highest BCUT2D eigenvalue weighted by Gasteiger charge is 2.22. The fourth-order valence-electron chi connectivity index (χ4n) is 2.41. The zero-order valence-corrected chi connectivity index (χ0v) is 19.1. The largest absolute Gasteiger partial charge is 0.357 e. The SMILES string of the molecule is CCNC(=NCCCC(=O)NC1CC1)N(C)Cc1ccc(Cl)c(Cl)c1.I. The van der Waals surface area contributed by atoms with E-state index in [0.29, 0.717) is 35.6 Å². The molecule has 2 N–H and O–H groups in total. The summed E-state index contributed by atoms with van der Waals surface area (Å²) in [5, 5.41) is 7.38. The van der Waals surface area contributed by atoms with E-state index in [-0.39, 0.29) is 29.9 Å². The van der Waals surface area contributed by atoms with Gasteiger partial charge in [-0.2, -0.15) is 0 Å². The summed E-state index contributed by atoms with van der Waals surface area (Å²) < 4.78 is 0. The van der Waals surface area contributed by atoms with Crippen LogP contribution in [0.2, 0.25) is 10.0 Å². The van der Waals surface area contributed by atoms with E-state index in [1.54, 1.807) is 6.07 Å². The molecule has 1 aromatic carbocycles. The van der Waals surface area contributed by atoms with Crippen molar-refractivity contribution < 1.29 is 4.79 Å². The van der Waals surface area contributed by atoms with Crippen molar-refractivity contribution in [3.8, 4) is 0 Å². The zero-order valence-electron chi connectivity index (χ0n) is 15.2. The molecule has 0 spiro atoms. The molecule has 0 heterocycles. The van der Waals surface area contributed by atoms with Crippen LogP contribution in [0, 0.1) is 0 Å². The number of nitrogens with one attached hydrogen (secondary N) is 2. The second kappa shape index (κ2) is 11.9. The normalized spacial score (nSPS) is 13.8. The fraction of sp³-hybridized carbons (Fsp3) is 0.556. The summed E-state index contributed by atoms with van der Waals surface area (Å²) in [6.07, 6.45) is 3.51. The number of halogens is 3. The van der Waals surface area contributed by atoms with Gasteiger partial charge in [0.15, 0.2) is 5.96 Å². The van der Waals surface area contributed by atoms with Crippen LogP contribution in [0.3, 0.4) is 0 Å². The van der Waals surface area contributed by atoms with Gasteiger partial charge in [-0.05, 0) is 43.9 Å². The molecule has 0 atom stereocenters. The van der Waals surface area contributed by atoms with E-state index in [9.17, 15) is 4.79 Å². The summed E-state index contributed by atoms with van der Waals surface area (Å²) in [6.45, 7) is 4.11. The molecular formula is C18H27Cl2IN4O. The van der Waals surface area contributed by atoms with Gasteiger partial charge in [0.25, 0.3) is 0 Å². The van der Waals surface area contributed by atoms with E-state index < -0.39 is 0 Å². The van der Waals surface area contributed by atoms with Crippen molar-refractivity contribution in [3.63, 3.8) is 0 Å². The number of carbonyl (C=O) groups excluding carboxylic acids is 1. The van der Waals surface area contributed by atoms with Crippen molar-refractivity contribution in [2.45, 2.75) is 45.2 Å². The Morgan fingerprint density at radius 3 is 2.65 bits per heavy atom. The lowest BCUT2D eigenvalue weighted by atomic mass is 10.2. The van der Waals surface area contributed by atoms with E-state index in [1.807, 2.05) is 31.0 Å². The first-order chi connectivity index (χ1) is 12.0. The van der Waals surface area contributed by atoms with Gasteiger partial charge >= 0.3 is 0 Å². The number of rotatable bonds is 8. The lowest BCUT2D eigenvalue weighted by Gasteiger charge is -2.22. The van der Waals surface area contributed by atoms with Crippen LogP contribution in [0.1, 0.15) is 38.2 Å². The van der Waals surface area contributed by atoms with Gasteiger partial charge in [-0.1, -0.05) is 29.3 Å². The maximum absolute atomic E-state index is 11.7. The van der Waals surface area contributed by atoms with Crippen LogP contribution in [-0.2, 0) is 11.3 Å². The second-order valence-corrected chi connectivity index (χ2v) is 7.10. The summed E-state index contributed by atoms with van der Waals surface area (Å²) in [6, 6.07) is 6.05. The topological polar surface area (TPSA) is 56.7 Å². The highest BCUT2D eigenvalue weighted by molar-refractivity contribution is 14.0. The Morgan fingerprint density at radius 1 is 1.31 bits per heavy atom. The van der Waals surface area contributed by atoms with Gasteiger partial charge in [-0.25, -0.2) is 0 Å². The average Bonchev–Trinajstić information content (AvgIpc) is 3.37. The quantitative estimate of drug-likeness (QED) is 0.239. The van der Waals surface area contributed by atoms with Crippen LogP contribution < -0.4 is 10.6 Å². The molecule has 2 rings (SSSR count). The molecule has 26 heavy (non-hydrogen) atoms. The number of hydrogen-bond donors (Lipinski definition) is 2. The molecule has 0 aliphatic heterocycles. The van der Waals surface area contributed by atoms with Gasteiger partial charge in [0.1, 0.15) is 0 Å². The van der Waals surface area contributed by atoms with E-state index in [1.165, 1.54) is 0 Å². The van der Waals surface area contributed by atoms with Crippen molar-refractivity contribution >= 4 is 59.0 Å². The molecule has 1 amide bonds. The van der Waals surface area contributed by atoms with Crippen molar-refractivity contribution in [1.82, 2.24) is 15.5 Å². The highest BCUT2D eigenvalue weighted by atomic mass is 127. The first-order valence-electron chi connectivity index (χ1n) is 8.72. The molecule has 0 radical (unpaired) electrons. The number of amides is 1. The highest BCUT2D eigenvalue weighted by Crippen LogP contribution is 2.23. The smallest absolute Gasteiger partial charge is 0.220 e. The molecule has 8 heteroatoms. The van der Waals surface area contributed by atoms with E-state index in [0.717, 1.165) is 37.3 Å². The summed E-state index contributed by atoms with van der Waals surface area (Å²) in [5.41, 5.74) is 1.06. The van der Waals surface area contributed by atoms with Crippen molar-refractivity contribution in [2.24, 2.45) is 4.99 Å². The Morgan fingerprint density at radius 2 is 2.04 bits per heavy atom.